The van der Waals surface area contributed by atoms with Crippen LogP contribution in [-0.2, 0) is 5.41 Å². The van der Waals surface area contributed by atoms with Gasteiger partial charge in [0.15, 0.2) is 0 Å². The van der Waals surface area contributed by atoms with Crippen molar-refractivity contribution in [3.05, 3.63) is 52.5 Å². The third kappa shape index (κ3) is 4.96. The Labute approximate surface area is 165 Å². The van der Waals surface area contributed by atoms with E-state index in [4.69, 9.17) is 26.8 Å². The van der Waals surface area contributed by atoms with Crippen LogP contribution in [0.15, 0.2) is 36.4 Å². The zero-order chi connectivity index (χ0) is 18.6. The average Bonchev–Trinajstić information content (AvgIpc) is 2.61. The third-order valence-corrected chi connectivity index (χ3v) is 4.45. The molecule has 0 saturated carbocycles. The van der Waals surface area contributed by atoms with E-state index in [0.717, 1.165) is 11.3 Å². The van der Waals surface area contributed by atoms with Crippen LogP contribution in [0.3, 0.4) is 0 Å². The molecule has 0 atom stereocenters. The molecule has 0 aliphatic heterocycles. The van der Waals surface area contributed by atoms with Gasteiger partial charge in [0.2, 0.25) is 0 Å². The van der Waals surface area contributed by atoms with Crippen LogP contribution in [0.2, 0.25) is 5.02 Å². The van der Waals surface area contributed by atoms with Gasteiger partial charge in [0, 0.05) is 18.0 Å². The van der Waals surface area contributed by atoms with Crippen molar-refractivity contribution in [1.82, 2.24) is 5.32 Å². The van der Waals surface area contributed by atoms with Gasteiger partial charge in [-0.1, -0.05) is 37.6 Å². The topological polar surface area (TPSA) is 73.6 Å². The molecule has 2 aromatic rings. The van der Waals surface area contributed by atoms with Crippen molar-refractivity contribution in [3.8, 4) is 11.5 Å². The maximum absolute atomic E-state index is 12.6. The molecule has 0 spiro atoms. The highest BCUT2D eigenvalue weighted by molar-refractivity contribution is 6.33. The summed E-state index contributed by atoms with van der Waals surface area (Å²) in [6.45, 7) is 4.56. The Balaban J connectivity index is 0.00000338. The molecule has 0 aromatic heterocycles. The molecule has 2 aromatic carbocycles. The summed E-state index contributed by atoms with van der Waals surface area (Å²) in [5.74, 6) is 0.923. The fourth-order valence-corrected chi connectivity index (χ4v) is 2.62. The number of methoxy groups -OCH3 is 2. The molecule has 0 unspecified atom stereocenters. The molecule has 0 aliphatic carbocycles. The van der Waals surface area contributed by atoms with Crippen LogP contribution in [0.25, 0.3) is 0 Å². The van der Waals surface area contributed by atoms with Gasteiger partial charge < -0.3 is 20.5 Å². The van der Waals surface area contributed by atoms with E-state index in [1.807, 2.05) is 24.3 Å². The van der Waals surface area contributed by atoms with Crippen molar-refractivity contribution in [1.29, 1.82) is 0 Å². The van der Waals surface area contributed by atoms with E-state index in [9.17, 15) is 4.79 Å². The van der Waals surface area contributed by atoms with Crippen LogP contribution in [0.4, 0.5) is 5.69 Å². The molecule has 0 bridgehead atoms. The van der Waals surface area contributed by atoms with E-state index in [1.165, 1.54) is 13.2 Å². The highest BCUT2D eigenvalue weighted by Gasteiger charge is 2.23. The van der Waals surface area contributed by atoms with Gasteiger partial charge in [0.25, 0.3) is 5.91 Å². The summed E-state index contributed by atoms with van der Waals surface area (Å²) >= 11 is 6.03. The molecular weight excluding hydrogens is 375 g/mol. The molecule has 2 rings (SSSR count). The van der Waals surface area contributed by atoms with Gasteiger partial charge in [0.05, 0.1) is 30.5 Å². The van der Waals surface area contributed by atoms with Crippen LogP contribution >= 0.6 is 24.0 Å². The van der Waals surface area contributed by atoms with Crippen molar-refractivity contribution < 1.29 is 14.3 Å². The van der Waals surface area contributed by atoms with Gasteiger partial charge >= 0.3 is 0 Å². The van der Waals surface area contributed by atoms with E-state index in [0.29, 0.717) is 28.6 Å². The first kappa shape index (κ1) is 21.9. The first-order valence-electron chi connectivity index (χ1n) is 7.84. The van der Waals surface area contributed by atoms with Gasteiger partial charge in [-0.2, -0.15) is 0 Å². The summed E-state index contributed by atoms with van der Waals surface area (Å²) in [5, 5.41) is 3.26. The summed E-state index contributed by atoms with van der Waals surface area (Å²) in [6.07, 6.45) is 0. The zero-order valence-corrected chi connectivity index (χ0v) is 16.8. The molecule has 0 aliphatic rings. The number of ether oxygens (including phenoxy) is 2. The van der Waals surface area contributed by atoms with Crippen molar-refractivity contribution in [2.45, 2.75) is 19.3 Å². The van der Waals surface area contributed by atoms with E-state index in [1.54, 1.807) is 13.2 Å². The Morgan fingerprint density at radius 2 is 1.77 bits per heavy atom. The quantitative estimate of drug-likeness (QED) is 0.719. The monoisotopic (exact) mass is 398 g/mol. The highest BCUT2D eigenvalue weighted by atomic mass is 35.5. The van der Waals surface area contributed by atoms with Gasteiger partial charge in [-0.3, -0.25) is 4.79 Å². The number of nitrogen functional groups attached to an aromatic ring is 1. The first-order valence-corrected chi connectivity index (χ1v) is 8.22. The van der Waals surface area contributed by atoms with E-state index < -0.39 is 0 Å². The molecule has 26 heavy (non-hydrogen) atoms. The minimum Gasteiger partial charge on any atom is -0.497 e. The summed E-state index contributed by atoms with van der Waals surface area (Å²) in [7, 11) is 3.12. The number of hydrogen-bond acceptors (Lipinski definition) is 4. The number of carbonyl (C=O) groups is 1. The van der Waals surface area contributed by atoms with Crippen molar-refractivity contribution >= 4 is 35.6 Å². The van der Waals surface area contributed by atoms with Crippen molar-refractivity contribution in [3.63, 3.8) is 0 Å². The molecule has 0 fully saturated rings. The number of nitrogens with one attached hydrogen (secondary N) is 1. The average molecular weight is 399 g/mol. The molecule has 7 heteroatoms. The predicted octanol–water partition coefficient (Wildman–Crippen LogP) is 4.07. The van der Waals surface area contributed by atoms with Crippen LogP contribution in [0.5, 0.6) is 11.5 Å². The molecule has 0 saturated heterocycles. The lowest BCUT2D eigenvalue weighted by Gasteiger charge is -2.26. The van der Waals surface area contributed by atoms with Crippen LogP contribution < -0.4 is 20.5 Å². The summed E-state index contributed by atoms with van der Waals surface area (Å²) in [6, 6.07) is 10.9. The fraction of sp³-hybridized carbons (Fsp3) is 0.316. The Morgan fingerprint density at radius 1 is 1.15 bits per heavy atom. The molecule has 5 nitrogen and oxygen atoms in total. The fourth-order valence-electron chi connectivity index (χ4n) is 2.46. The van der Waals surface area contributed by atoms with Crippen molar-refractivity contribution in [2.75, 3.05) is 26.5 Å². The standard InChI is InChI=1S/C19H23ClN2O3.ClH/c1-19(2,12-5-7-13(24-3)8-6-12)11-22-18(23)14-9-15(20)16(21)10-17(14)25-4;/h5-10H,11,21H2,1-4H3,(H,22,23);1H. The second kappa shape index (κ2) is 9.01. The maximum atomic E-state index is 12.6. The van der Waals surface area contributed by atoms with Crippen molar-refractivity contribution in [2.24, 2.45) is 0 Å². The number of nitrogens with two attached hydrogens (primary N) is 1. The Kier molecular flexibility index (Phi) is 7.60. The normalized spacial score (nSPS) is 10.7. The van der Waals surface area contributed by atoms with Gasteiger partial charge in [-0.25, -0.2) is 0 Å². The van der Waals surface area contributed by atoms with Gasteiger partial charge in [-0.05, 0) is 23.8 Å². The number of rotatable bonds is 6. The largest absolute Gasteiger partial charge is 0.497 e. The SMILES string of the molecule is COc1ccc(C(C)(C)CNC(=O)c2cc(Cl)c(N)cc2OC)cc1.Cl. The minimum atomic E-state index is -0.264. The van der Waals surface area contributed by atoms with E-state index in [2.05, 4.69) is 19.2 Å². The summed E-state index contributed by atoms with van der Waals surface area (Å²) in [5.41, 5.74) is 7.31. The minimum absolute atomic E-state index is 0. The number of amides is 1. The lowest BCUT2D eigenvalue weighted by atomic mass is 9.84. The van der Waals surface area contributed by atoms with Crippen LogP contribution in [0, 0.1) is 0 Å². The Bertz CT molecular complexity index is 762. The molecule has 0 radical (unpaired) electrons. The van der Waals surface area contributed by atoms with Gasteiger partial charge in [-0.15, -0.1) is 12.4 Å². The second-order valence-corrected chi connectivity index (χ2v) is 6.78. The molecule has 142 valence electrons. The summed E-state index contributed by atoms with van der Waals surface area (Å²) < 4.78 is 10.4. The number of halogens is 2. The lowest BCUT2D eigenvalue weighted by Crippen LogP contribution is -2.36. The first-order chi connectivity index (χ1) is 11.8. The predicted molar refractivity (Wildman–Crippen MR) is 108 cm³/mol. The van der Waals surface area contributed by atoms with Crippen LogP contribution in [0.1, 0.15) is 29.8 Å². The molecule has 1 amide bonds. The second-order valence-electron chi connectivity index (χ2n) is 6.37. The van der Waals surface area contributed by atoms with Gasteiger partial charge in [0.1, 0.15) is 11.5 Å². The number of hydrogen-bond donors (Lipinski definition) is 2. The molecular formula is C19H24Cl2N2O3. The Hall–Kier alpha value is -2.11. The smallest absolute Gasteiger partial charge is 0.255 e. The number of benzene rings is 2. The molecule has 3 N–H and O–H groups in total. The third-order valence-electron chi connectivity index (χ3n) is 4.13. The summed E-state index contributed by atoms with van der Waals surface area (Å²) in [4.78, 5) is 12.6. The van der Waals surface area contributed by atoms with E-state index in [-0.39, 0.29) is 23.7 Å². The number of carbonyl (C=O) groups excluding carboxylic acids is 1. The lowest BCUT2D eigenvalue weighted by molar-refractivity contribution is 0.0942. The zero-order valence-electron chi connectivity index (χ0n) is 15.3. The maximum Gasteiger partial charge on any atom is 0.255 e. The number of anilines is 1. The molecule has 0 heterocycles. The highest BCUT2D eigenvalue weighted by Crippen LogP contribution is 2.29. The Morgan fingerprint density at radius 3 is 2.31 bits per heavy atom. The van der Waals surface area contributed by atoms with E-state index >= 15 is 0 Å². The van der Waals surface area contributed by atoms with Crippen LogP contribution in [-0.4, -0.2) is 26.7 Å².